The van der Waals surface area contributed by atoms with E-state index in [1.165, 1.54) is 11.3 Å². The highest BCUT2D eigenvalue weighted by atomic mass is 32.2. The minimum absolute atomic E-state index is 0.105. The lowest BCUT2D eigenvalue weighted by Crippen LogP contribution is -2.12. The van der Waals surface area contributed by atoms with Gasteiger partial charge in [-0.05, 0) is 43.8 Å². The minimum atomic E-state index is -3.59. The number of nitrogens with zero attached hydrogens (tertiary/aromatic N) is 2. The van der Waals surface area contributed by atoms with Crippen molar-refractivity contribution in [2.45, 2.75) is 30.9 Å². The van der Waals surface area contributed by atoms with Gasteiger partial charge in [0.05, 0.1) is 9.77 Å². The molecule has 3 rings (SSSR count). The van der Waals surface area contributed by atoms with E-state index in [9.17, 15) is 8.42 Å². The summed E-state index contributed by atoms with van der Waals surface area (Å²) in [5.74, 6) is 0.450. The fourth-order valence-corrected chi connectivity index (χ4v) is 4.49. The van der Waals surface area contributed by atoms with Gasteiger partial charge in [0.15, 0.2) is 9.84 Å². The molecule has 120 valence electrons. The smallest absolute Gasteiger partial charge is 0.257 e. The molecule has 0 aliphatic heterocycles. The third-order valence-electron chi connectivity index (χ3n) is 3.62. The Morgan fingerprint density at radius 3 is 2.61 bits per heavy atom. The van der Waals surface area contributed by atoms with Gasteiger partial charge in [0, 0.05) is 0 Å². The zero-order valence-electron chi connectivity index (χ0n) is 13.0. The molecule has 7 heteroatoms. The molecule has 0 fully saturated rings. The first-order chi connectivity index (χ1) is 10.9. The van der Waals surface area contributed by atoms with Gasteiger partial charge in [0.1, 0.15) is 5.25 Å². The lowest BCUT2D eigenvalue weighted by Gasteiger charge is -2.12. The van der Waals surface area contributed by atoms with E-state index in [0.29, 0.717) is 10.8 Å². The first kappa shape index (κ1) is 15.9. The Morgan fingerprint density at radius 1 is 1.17 bits per heavy atom. The van der Waals surface area contributed by atoms with Gasteiger partial charge in [-0.25, -0.2) is 8.42 Å². The Balaban J connectivity index is 1.97. The predicted octanol–water partition coefficient (Wildman–Crippen LogP) is 3.95. The number of benzene rings is 1. The topological polar surface area (TPSA) is 73.1 Å². The van der Waals surface area contributed by atoms with Gasteiger partial charge in [-0.15, -0.1) is 21.5 Å². The summed E-state index contributed by atoms with van der Waals surface area (Å²) in [7, 11) is -3.59. The van der Waals surface area contributed by atoms with Crippen molar-refractivity contribution in [2.24, 2.45) is 0 Å². The van der Waals surface area contributed by atoms with Crippen molar-refractivity contribution in [2.75, 3.05) is 0 Å². The molecule has 0 bridgehead atoms. The number of hydrogen-bond donors (Lipinski definition) is 0. The molecule has 23 heavy (non-hydrogen) atoms. The van der Waals surface area contributed by atoms with Crippen LogP contribution in [0, 0.1) is 13.8 Å². The van der Waals surface area contributed by atoms with Crippen LogP contribution in [0.5, 0.6) is 0 Å². The highest BCUT2D eigenvalue weighted by Gasteiger charge is 2.31. The zero-order chi connectivity index (χ0) is 16.6. The van der Waals surface area contributed by atoms with Crippen LogP contribution in [-0.2, 0) is 9.84 Å². The predicted molar refractivity (Wildman–Crippen MR) is 89.1 cm³/mol. The van der Waals surface area contributed by atoms with Crippen LogP contribution >= 0.6 is 11.3 Å². The molecule has 0 aliphatic rings. The fourth-order valence-electron chi connectivity index (χ4n) is 2.34. The summed E-state index contributed by atoms with van der Waals surface area (Å²) in [6, 6.07) is 9.00. The maximum absolute atomic E-state index is 12.8. The SMILES string of the molecule is Cc1ccc(S(=O)(=O)C(C)c2nnc(-c3cccs3)o2)c(C)c1. The Bertz CT molecular complexity index is 928. The highest BCUT2D eigenvalue weighted by molar-refractivity contribution is 7.91. The summed E-state index contributed by atoms with van der Waals surface area (Å²) in [5, 5.41) is 8.87. The van der Waals surface area contributed by atoms with Crippen LogP contribution in [0.4, 0.5) is 0 Å². The number of hydrogen-bond acceptors (Lipinski definition) is 6. The largest absolute Gasteiger partial charge is 0.418 e. The minimum Gasteiger partial charge on any atom is -0.418 e. The van der Waals surface area contributed by atoms with Gasteiger partial charge in [-0.2, -0.15) is 0 Å². The molecule has 0 N–H and O–H groups in total. The Hall–Kier alpha value is -1.99. The monoisotopic (exact) mass is 348 g/mol. The van der Waals surface area contributed by atoms with Crippen molar-refractivity contribution in [3.63, 3.8) is 0 Å². The molecule has 1 aromatic carbocycles. The van der Waals surface area contributed by atoms with Gasteiger partial charge in [0.2, 0.25) is 5.89 Å². The standard InChI is InChI=1S/C16H16N2O3S2/c1-10-6-7-14(11(2)9-10)23(19,20)12(3)15-17-18-16(21-15)13-5-4-8-22-13/h4-9,12H,1-3H3. The summed E-state index contributed by atoms with van der Waals surface area (Å²) in [6.07, 6.45) is 0. The second kappa shape index (κ2) is 5.90. The van der Waals surface area contributed by atoms with E-state index in [-0.39, 0.29) is 5.89 Å². The van der Waals surface area contributed by atoms with E-state index < -0.39 is 15.1 Å². The third kappa shape index (κ3) is 2.94. The summed E-state index contributed by atoms with van der Waals surface area (Å²) >= 11 is 1.46. The maximum Gasteiger partial charge on any atom is 0.257 e. The zero-order valence-corrected chi connectivity index (χ0v) is 14.6. The van der Waals surface area contributed by atoms with Crippen molar-refractivity contribution in [3.8, 4) is 10.8 Å². The highest BCUT2D eigenvalue weighted by Crippen LogP contribution is 2.32. The fraction of sp³-hybridized carbons (Fsp3) is 0.250. The van der Waals surface area contributed by atoms with Gasteiger partial charge < -0.3 is 4.42 Å². The van der Waals surface area contributed by atoms with Crippen LogP contribution in [0.3, 0.4) is 0 Å². The van der Waals surface area contributed by atoms with Crippen molar-refractivity contribution >= 4 is 21.2 Å². The van der Waals surface area contributed by atoms with Crippen LogP contribution in [0.2, 0.25) is 0 Å². The van der Waals surface area contributed by atoms with Crippen LogP contribution in [0.25, 0.3) is 10.8 Å². The number of aryl methyl sites for hydroxylation is 2. The van der Waals surface area contributed by atoms with Crippen LogP contribution in [0.1, 0.15) is 29.2 Å². The molecule has 0 spiro atoms. The van der Waals surface area contributed by atoms with E-state index in [2.05, 4.69) is 10.2 Å². The van der Waals surface area contributed by atoms with Crippen molar-refractivity contribution in [3.05, 3.63) is 52.7 Å². The Labute approximate surface area is 138 Å². The van der Waals surface area contributed by atoms with Crippen molar-refractivity contribution in [1.29, 1.82) is 0 Å². The average Bonchev–Trinajstić information content (AvgIpc) is 3.17. The molecular formula is C16H16N2O3S2. The number of thiophene rings is 1. The molecule has 0 aliphatic carbocycles. The molecule has 0 saturated carbocycles. The van der Waals surface area contributed by atoms with Crippen LogP contribution in [-0.4, -0.2) is 18.6 Å². The molecule has 2 heterocycles. The van der Waals surface area contributed by atoms with E-state index in [1.54, 1.807) is 26.0 Å². The van der Waals surface area contributed by atoms with E-state index in [0.717, 1.165) is 16.0 Å². The van der Waals surface area contributed by atoms with Gasteiger partial charge in [0.25, 0.3) is 5.89 Å². The summed E-state index contributed by atoms with van der Waals surface area (Å²) in [4.78, 5) is 1.12. The van der Waals surface area contributed by atoms with E-state index in [4.69, 9.17) is 4.42 Å². The molecule has 0 amide bonds. The van der Waals surface area contributed by atoms with Crippen LogP contribution in [0.15, 0.2) is 45.0 Å². The summed E-state index contributed by atoms with van der Waals surface area (Å²) in [6.45, 7) is 5.29. The van der Waals surface area contributed by atoms with Gasteiger partial charge in [-0.1, -0.05) is 23.8 Å². The van der Waals surface area contributed by atoms with Gasteiger partial charge >= 0.3 is 0 Å². The lowest BCUT2D eigenvalue weighted by molar-refractivity contribution is 0.495. The lowest BCUT2D eigenvalue weighted by atomic mass is 10.2. The quantitative estimate of drug-likeness (QED) is 0.714. The summed E-state index contributed by atoms with van der Waals surface area (Å²) < 4.78 is 31.2. The molecule has 0 radical (unpaired) electrons. The molecular weight excluding hydrogens is 332 g/mol. The van der Waals surface area contributed by atoms with Crippen LogP contribution < -0.4 is 0 Å². The molecule has 1 unspecified atom stereocenters. The maximum atomic E-state index is 12.8. The Kier molecular flexibility index (Phi) is 4.08. The normalized spacial score (nSPS) is 13.2. The summed E-state index contributed by atoms with van der Waals surface area (Å²) in [5.41, 5.74) is 1.74. The van der Waals surface area contributed by atoms with E-state index >= 15 is 0 Å². The third-order valence-corrected chi connectivity index (χ3v) is 6.68. The molecule has 5 nitrogen and oxygen atoms in total. The second-order valence-corrected chi connectivity index (χ2v) is 8.56. The first-order valence-corrected chi connectivity index (χ1v) is 9.50. The van der Waals surface area contributed by atoms with Gasteiger partial charge in [-0.3, -0.25) is 0 Å². The molecule has 1 atom stereocenters. The first-order valence-electron chi connectivity index (χ1n) is 7.08. The van der Waals surface area contributed by atoms with Crippen molar-refractivity contribution in [1.82, 2.24) is 10.2 Å². The number of rotatable bonds is 4. The number of sulfone groups is 1. The Morgan fingerprint density at radius 2 is 1.96 bits per heavy atom. The van der Waals surface area contributed by atoms with Crippen molar-refractivity contribution < 1.29 is 12.8 Å². The average molecular weight is 348 g/mol. The second-order valence-electron chi connectivity index (χ2n) is 5.38. The molecule has 0 saturated heterocycles. The molecule has 3 aromatic rings. The number of aromatic nitrogens is 2. The molecule has 2 aromatic heterocycles. The van der Waals surface area contributed by atoms with E-state index in [1.807, 2.05) is 30.5 Å².